The minimum Gasteiger partial charge on any atom is -0.456 e. The van der Waals surface area contributed by atoms with Crippen molar-refractivity contribution in [2.24, 2.45) is 7.05 Å². The van der Waals surface area contributed by atoms with Gasteiger partial charge >= 0.3 is 6.18 Å². The topological polar surface area (TPSA) is 106 Å². The molecule has 14 heteroatoms. The van der Waals surface area contributed by atoms with Gasteiger partial charge in [-0.15, -0.1) is 0 Å². The van der Waals surface area contributed by atoms with Gasteiger partial charge in [0.25, 0.3) is 0 Å². The molecule has 0 radical (unpaired) electrons. The van der Waals surface area contributed by atoms with Gasteiger partial charge in [0.1, 0.15) is 34.9 Å². The summed E-state index contributed by atoms with van der Waals surface area (Å²) in [6.45, 7) is 0.194. The zero-order valence-electron chi connectivity index (χ0n) is 20.4. The zero-order valence-corrected chi connectivity index (χ0v) is 21.2. The molecule has 200 valence electrons. The lowest BCUT2D eigenvalue weighted by atomic mass is 10.2. The lowest BCUT2D eigenvalue weighted by Gasteiger charge is -2.34. The van der Waals surface area contributed by atoms with Gasteiger partial charge in [-0.3, -0.25) is 0 Å². The van der Waals surface area contributed by atoms with Crippen molar-refractivity contribution in [3.63, 3.8) is 0 Å². The number of anilines is 3. The van der Waals surface area contributed by atoms with Crippen molar-refractivity contribution >= 4 is 51.1 Å². The highest BCUT2D eigenvalue weighted by Gasteiger charge is 2.42. The van der Waals surface area contributed by atoms with E-state index in [-0.39, 0.29) is 19.0 Å². The largest absolute Gasteiger partial charge is 0.456 e. The van der Waals surface area contributed by atoms with Crippen LogP contribution in [0.4, 0.5) is 30.6 Å². The van der Waals surface area contributed by atoms with Crippen molar-refractivity contribution < 1.29 is 17.9 Å². The fourth-order valence-electron chi connectivity index (χ4n) is 4.34. The van der Waals surface area contributed by atoms with Gasteiger partial charge in [-0.05, 0) is 30.3 Å². The number of piperazine rings is 1. The molecule has 1 saturated heterocycles. The second kappa shape index (κ2) is 9.82. The molecule has 1 unspecified atom stereocenters. The fraction of sp³-hybridized carbons (Fsp3) is 0.240. The number of imidazole rings is 1. The summed E-state index contributed by atoms with van der Waals surface area (Å²) in [5.41, 5.74) is 3.19. The Morgan fingerprint density at radius 2 is 1.95 bits per heavy atom. The molecule has 1 atom stereocenters. The number of fused-ring (bicyclic) bond motifs is 2. The standard InChI is InChI=1S/C25H21ClF3N9O/c1-37-13-34-17-9-15(3-4-19(17)37)39-20-5-2-14(8-16(20)26)35-23-22-18(32-12-33-23)10-31-24(36-22)38-7-6-30-21(11-38)25(27,28)29/h2-5,8-10,12-13,21,30H,6-7,11H2,1H3,(H,32,33,35). The highest BCUT2D eigenvalue weighted by Crippen LogP contribution is 2.34. The summed E-state index contributed by atoms with van der Waals surface area (Å²) in [6.07, 6.45) is 0.184. The number of aryl methyl sites for hydroxylation is 1. The summed E-state index contributed by atoms with van der Waals surface area (Å²) < 4.78 is 47.6. The molecule has 0 spiro atoms. The van der Waals surface area contributed by atoms with Crippen LogP contribution in [0, 0.1) is 0 Å². The van der Waals surface area contributed by atoms with Gasteiger partial charge in [0.2, 0.25) is 5.95 Å². The molecule has 3 aromatic heterocycles. The van der Waals surface area contributed by atoms with Crippen molar-refractivity contribution in [3.8, 4) is 11.5 Å². The van der Waals surface area contributed by atoms with Crippen LogP contribution in [-0.4, -0.2) is 61.3 Å². The van der Waals surface area contributed by atoms with E-state index in [0.717, 1.165) is 11.0 Å². The predicted molar refractivity (Wildman–Crippen MR) is 141 cm³/mol. The number of nitrogens with one attached hydrogen (secondary N) is 2. The van der Waals surface area contributed by atoms with Crippen LogP contribution in [0.1, 0.15) is 0 Å². The first-order chi connectivity index (χ1) is 18.7. The lowest BCUT2D eigenvalue weighted by Crippen LogP contribution is -2.57. The Hall–Kier alpha value is -4.23. The Morgan fingerprint density at radius 1 is 1.08 bits per heavy atom. The highest BCUT2D eigenvalue weighted by molar-refractivity contribution is 6.32. The van der Waals surface area contributed by atoms with Gasteiger partial charge in [-0.2, -0.15) is 13.2 Å². The summed E-state index contributed by atoms with van der Waals surface area (Å²) in [5.74, 6) is 1.57. The van der Waals surface area contributed by atoms with E-state index in [1.54, 1.807) is 24.5 Å². The number of hydrogen-bond donors (Lipinski definition) is 2. The number of hydrogen-bond acceptors (Lipinski definition) is 9. The van der Waals surface area contributed by atoms with E-state index in [9.17, 15) is 13.2 Å². The van der Waals surface area contributed by atoms with Gasteiger partial charge in [0.05, 0.1) is 28.6 Å². The average Bonchev–Trinajstić information content (AvgIpc) is 3.29. The maximum absolute atomic E-state index is 13.3. The van der Waals surface area contributed by atoms with Crippen molar-refractivity contribution in [3.05, 3.63) is 60.3 Å². The van der Waals surface area contributed by atoms with Crippen LogP contribution < -0.4 is 20.3 Å². The molecule has 4 heterocycles. The van der Waals surface area contributed by atoms with E-state index in [4.69, 9.17) is 16.3 Å². The Kier molecular flexibility index (Phi) is 6.31. The molecule has 39 heavy (non-hydrogen) atoms. The monoisotopic (exact) mass is 555 g/mol. The van der Waals surface area contributed by atoms with Gasteiger partial charge in [-0.1, -0.05) is 11.6 Å². The third-order valence-electron chi connectivity index (χ3n) is 6.34. The van der Waals surface area contributed by atoms with E-state index in [1.807, 2.05) is 29.8 Å². The van der Waals surface area contributed by atoms with Crippen LogP contribution in [0.5, 0.6) is 11.5 Å². The summed E-state index contributed by atoms with van der Waals surface area (Å²) >= 11 is 6.52. The quantitative estimate of drug-likeness (QED) is 0.315. The number of aromatic nitrogens is 6. The summed E-state index contributed by atoms with van der Waals surface area (Å²) in [5, 5.41) is 6.01. The zero-order chi connectivity index (χ0) is 27.1. The van der Waals surface area contributed by atoms with E-state index < -0.39 is 12.2 Å². The fourth-order valence-corrected chi connectivity index (χ4v) is 4.56. The molecule has 0 aliphatic carbocycles. The molecule has 10 nitrogen and oxygen atoms in total. The molecule has 5 aromatic rings. The summed E-state index contributed by atoms with van der Waals surface area (Å²) in [4.78, 5) is 23.0. The van der Waals surface area contributed by atoms with Crippen molar-refractivity contribution in [2.75, 3.05) is 29.9 Å². The molecule has 6 rings (SSSR count). The van der Waals surface area contributed by atoms with E-state index >= 15 is 0 Å². The van der Waals surface area contributed by atoms with Crippen LogP contribution in [0.2, 0.25) is 5.02 Å². The minimum absolute atomic E-state index is 0.157. The minimum atomic E-state index is -4.37. The first kappa shape index (κ1) is 25.1. The van der Waals surface area contributed by atoms with Crippen LogP contribution in [-0.2, 0) is 7.05 Å². The number of alkyl halides is 3. The number of benzene rings is 2. The number of halogens is 4. The van der Waals surface area contributed by atoms with Crippen LogP contribution in [0.25, 0.3) is 22.1 Å². The molecule has 1 aliphatic heterocycles. The highest BCUT2D eigenvalue weighted by atomic mass is 35.5. The van der Waals surface area contributed by atoms with Gasteiger partial charge in [0, 0.05) is 38.4 Å². The van der Waals surface area contributed by atoms with Crippen molar-refractivity contribution in [1.29, 1.82) is 0 Å². The van der Waals surface area contributed by atoms with E-state index in [1.165, 1.54) is 17.4 Å². The second-order valence-corrected chi connectivity index (χ2v) is 9.41. The predicted octanol–water partition coefficient (Wildman–Crippen LogP) is 4.84. The molecule has 0 bridgehead atoms. The summed E-state index contributed by atoms with van der Waals surface area (Å²) in [6, 6.07) is 9.08. The SMILES string of the molecule is Cn1cnc2cc(Oc3ccc(Nc4ncnc5cnc(N6CCNC(C(F)(F)F)C6)nc45)cc3Cl)ccc21. The molecular formula is C25H21ClF3N9O. The molecule has 2 aromatic carbocycles. The number of rotatable bonds is 5. The van der Waals surface area contributed by atoms with Crippen molar-refractivity contribution in [1.82, 2.24) is 34.8 Å². The molecule has 1 aliphatic rings. The van der Waals surface area contributed by atoms with Crippen LogP contribution >= 0.6 is 11.6 Å². The lowest BCUT2D eigenvalue weighted by molar-refractivity contribution is -0.155. The Bertz CT molecular complexity index is 1680. The maximum atomic E-state index is 13.3. The third-order valence-corrected chi connectivity index (χ3v) is 6.63. The Balaban J connectivity index is 1.23. The second-order valence-electron chi connectivity index (χ2n) is 9.00. The third kappa shape index (κ3) is 5.10. The normalized spacial score (nSPS) is 16.1. The first-order valence-corrected chi connectivity index (χ1v) is 12.3. The van der Waals surface area contributed by atoms with Crippen molar-refractivity contribution in [2.45, 2.75) is 12.2 Å². The maximum Gasteiger partial charge on any atom is 0.405 e. The molecular weight excluding hydrogens is 535 g/mol. The Morgan fingerprint density at radius 3 is 2.77 bits per heavy atom. The van der Waals surface area contributed by atoms with Gasteiger partial charge in [-0.25, -0.2) is 24.9 Å². The molecule has 1 fully saturated rings. The van der Waals surface area contributed by atoms with Gasteiger partial charge in [0.15, 0.2) is 5.82 Å². The molecule has 0 saturated carbocycles. The Labute approximate surface area is 224 Å². The van der Waals surface area contributed by atoms with Crippen LogP contribution in [0.3, 0.4) is 0 Å². The van der Waals surface area contributed by atoms with E-state index in [0.29, 0.717) is 45.6 Å². The van der Waals surface area contributed by atoms with E-state index in [2.05, 4.69) is 35.6 Å². The molecule has 2 N–H and O–H groups in total. The smallest absolute Gasteiger partial charge is 0.405 e. The number of nitrogens with zero attached hydrogens (tertiary/aromatic N) is 7. The van der Waals surface area contributed by atoms with Gasteiger partial charge < -0.3 is 24.8 Å². The first-order valence-electron chi connectivity index (χ1n) is 11.9. The average molecular weight is 556 g/mol. The van der Waals surface area contributed by atoms with Crippen LogP contribution in [0.15, 0.2) is 55.2 Å². The summed E-state index contributed by atoms with van der Waals surface area (Å²) in [7, 11) is 1.92. The molecule has 0 amide bonds. The number of ether oxygens (including phenoxy) is 1.